The first-order chi connectivity index (χ1) is 15.9. The number of allylic oxidation sites excluding steroid dienone is 1. The average Bonchev–Trinajstić information content (AvgIpc) is 3.49. The van der Waals surface area contributed by atoms with Crippen LogP contribution >= 0.6 is 11.8 Å². The van der Waals surface area contributed by atoms with E-state index in [0.717, 1.165) is 21.7 Å². The topological polar surface area (TPSA) is 95.8 Å². The Morgan fingerprint density at radius 2 is 2.03 bits per heavy atom. The Bertz CT molecular complexity index is 970. The lowest BCUT2D eigenvalue weighted by molar-refractivity contribution is -0.0841. The monoisotopic (exact) mass is 476 g/mol. The number of ether oxygens (including phenoxy) is 3. The van der Waals surface area contributed by atoms with Gasteiger partial charge in [-0.15, -0.1) is 11.8 Å². The summed E-state index contributed by atoms with van der Waals surface area (Å²) in [5, 5.41) is 4.16. The van der Waals surface area contributed by atoms with Gasteiger partial charge in [-0.05, 0) is 37.3 Å². The average molecular weight is 477 g/mol. The van der Waals surface area contributed by atoms with E-state index in [9.17, 15) is 9.59 Å². The summed E-state index contributed by atoms with van der Waals surface area (Å²) in [5.41, 5.74) is 3.50. The van der Waals surface area contributed by atoms with E-state index in [4.69, 9.17) is 14.3 Å². The molecule has 180 valence electrons. The maximum atomic E-state index is 13.5. The SMILES string of the molecule is CC.CCC1N=CC(C(=O)c2ccc(SC)c(C3=NOCC3)c2C)=C1OC(C)OC(=O)OC. The summed E-state index contributed by atoms with van der Waals surface area (Å²) in [6.07, 6.45) is 3.07. The van der Waals surface area contributed by atoms with Gasteiger partial charge in [-0.25, -0.2) is 4.79 Å². The van der Waals surface area contributed by atoms with Gasteiger partial charge in [0.1, 0.15) is 18.4 Å². The Balaban J connectivity index is 0.00000187. The van der Waals surface area contributed by atoms with E-state index in [1.54, 1.807) is 18.7 Å². The van der Waals surface area contributed by atoms with E-state index in [-0.39, 0.29) is 11.8 Å². The number of methoxy groups -OCH3 is 1. The Kier molecular flexibility index (Phi) is 9.96. The molecule has 0 fully saturated rings. The van der Waals surface area contributed by atoms with Crippen molar-refractivity contribution in [1.82, 2.24) is 0 Å². The van der Waals surface area contributed by atoms with E-state index in [2.05, 4.69) is 14.9 Å². The van der Waals surface area contributed by atoms with Crippen LogP contribution in [0.15, 0.2) is 38.5 Å². The fourth-order valence-electron chi connectivity index (χ4n) is 3.55. The highest BCUT2D eigenvalue weighted by Crippen LogP contribution is 2.32. The zero-order valence-corrected chi connectivity index (χ0v) is 21.1. The van der Waals surface area contributed by atoms with Crippen LogP contribution in [0.3, 0.4) is 0 Å². The Morgan fingerprint density at radius 3 is 2.61 bits per heavy atom. The zero-order valence-electron chi connectivity index (χ0n) is 20.3. The van der Waals surface area contributed by atoms with Crippen LogP contribution in [0.25, 0.3) is 0 Å². The number of oxime groups is 1. The summed E-state index contributed by atoms with van der Waals surface area (Å²) in [6, 6.07) is 3.42. The lowest BCUT2D eigenvalue weighted by Crippen LogP contribution is -2.22. The first-order valence-corrected chi connectivity index (χ1v) is 12.2. The quantitative estimate of drug-likeness (QED) is 0.217. The normalized spacial score (nSPS) is 17.5. The molecular weight excluding hydrogens is 444 g/mol. The highest BCUT2D eigenvalue weighted by Gasteiger charge is 2.31. The second kappa shape index (κ2) is 12.4. The van der Waals surface area contributed by atoms with Gasteiger partial charge in [0.2, 0.25) is 6.29 Å². The van der Waals surface area contributed by atoms with Crippen molar-refractivity contribution in [2.45, 2.75) is 64.7 Å². The molecule has 0 saturated carbocycles. The molecule has 2 aliphatic heterocycles. The van der Waals surface area contributed by atoms with Crippen LogP contribution in [-0.4, -0.2) is 56.2 Å². The van der Waals surface area contributed by atoms with Gasteiger partial charge in [0.25, 0.3) is 0 Å². The largest absolute Gasteiger partial charge is 0.511 e. The van der Waals surface area contributed by atoms with E-state index in [0.29, 0.717) is 36.3 Å². The smallest absolute Gasteiger partial charge is 0.456 e. The third kappa shape index (κ3) is 5.96. The third-order valence-corrected chi connectivity index (χ3v) is 5.87. The van der Waals surface area contributed by atoms with Gasteiger partial charge in [0.15, 0.2) is 5.78 Å². The van der Waals surface area contributed by atoms with Gasteiger partial charge < -0.3 is 19.0 Å². The minimum absolute atomic E-state index is 0.203. The van der Waals surface area contributed by atoms with Gasteiger partial charge in [-0.1, -0.05) is 25.9 Å². The molecule has 2 atom stereocenters. The van der Waals surface area contributed by atoms with Crippen molar-refractivity contribution in [2.24, 2.45) is 10.1 Å². The molecule has 0 saturated heterocycles. The highest BCUT2D eigenvalue weighted by atomic mass is 32.2. The van der Waals surface area contributed by atoms with Crippen molar-refractivity contribution in [2.75, 3.05) is 20.0 Å². The van der Waals surface area contributed by atoms with Crippen molar-refractivity contribution >= 4 is 35.6 Å². The summed E-state index contributed by atoms with van der Waals surface area (Å²) in [7, 11) is 1.22. The number of Topliss-reactive ketones (excluding diaryl/α,β-unsaturated/α-hetero) is 1. The van der Waals surface area contributed by atoms with Crippen LogP contribution in [0.4, 0.5) is 4.79 Å². The molecule has 0 aromatic heterocycles. The van der Waals surface area contributed by atoms with Gasteiger partial charge in [-0.2, -0.15) is 0 Å². The standard InChI is InChI=1S/C22H26N2O6S.C2H6/c1-6-16-21(29-13(3)30-22(26)27-4)15(11-23-16)20(25)14-7-8-18(31-5)19(12(14)2)17-9-10-28-24-17;1-2/h7-8,11,13,16H,6,9-10H2,1-5H3;1-2H3. The van der Waals surface area contributed by atoms with Crippen molar-refractivity contribution in [3.05, 3.63) is 40.2 Å². The second-order valence-electron chi connectivity index (χ2n) is 7.00. The Hall–Kier alpha value is -2.81. The van der Waals surface area contributed by atoms with Gasteiger partial charge >= 0.3 is 6.16 Å². The van der Waals surface area contributed by atoms with Crippen LogP contribution in [-0.2, 0) is 19.0 Å². The zero-order chi connectivity index (χ0) is 24.5. The number of aliphatic imine (C=N–C) groups is 1. The summed E-state index contributed by atoms with van der Waals surface area (Å²) in [5.74, 6) is 0.186. The van der Waals surface area contributed by atoms with Crippen LogP contribution in [0.1, 0.15) is 62.0 Å². The first-order valence-electron chi connectivity index (χ1n) is 11.0. The second-order valence-corrected chi connectivity index (χ2v) is 7.85. The lowest BCUT2D eigenvalue weighted by atomic mass is 9.92. The molecule has 2 unspecified atom stereocenters. The van der Waals surface area contributed by atoms with E-state index in [1.807, 2.05) is 46.1 Å². The van der Waals surface area contributed by atoms with Crippen molar-refractivity contribution in [3.8, 4) is 0 Å². The maximum Gasteiger partial charge on any atom is 0.511 e. The van der Waals surface area contributed by atoms with E-state index < -0.39 is 12.4 Å². The molecule has 0 radical (unpaired) electrons. The van der Waals surface area contributed by atoms with Crippen LogP contribution in [0.2, 0.25) is 0 Å². The number of hydrogen-bond acceptors (Lipinski definition) is 9. The number of ketones is 1. The van der Waals surface area contributed by atoms with Crippen molar-refractivity contribution in [3.63, 3.8) is 0 Å². The minimum atomic E-state index is -0.929. The molecule has 9 heteroatoms. The third-order valence-electron chi connectivity index (χ3n) is 5.09. The number of carbonyl (C=O) groups excluding carboxylic acids is 2. The van der Waals surface area contributed by atoms with E-state index >= 15 is 0 Å². The molecule has 33 heavy (non-hydrogen) atoms. The molecule has 0 bridgehead atoms. The molecule has 0 amide bonds. The molecular formula is C24H32N2O6S. The molecule has 3 rings (SSSR count). The number of benzene rings is 1. The lowest BCUT2D eigenvalue weighted by Gasteiger charge is -2.20. The van der Waals surface area contributed by atoms with E-state index in [1.165, 1.54) is 13.3 Å². The molecule has 1 aromatic rings. The highest BCUT2D eigenvalue weighted by molar-refractivity contribution is 7.98. The number of thioether (sulfide) groups is 1. The Morgan fingerprint density at radius 1 is 1.30 bits per heavy atom. The summed E-state index contributed by atoms with van der Waals surface area (Å²) >= 11 is 1.60. The first kappa shape index (κ1) is 26.4. The Labute approximate surface area is 199 Å². The van der Waals surface area contributed by atoms with Crippen LogP contribution < -0.4 is 0 Å². The van der Waals surface area contributed by atoms with Gasteiger partial charge in [0.05, 0.1) is 18.4 Å². The predicted molar refractivity (Wildman–Crippen MR) is 129 cm³/mol. The molecule has 2 aliphatic rings. The van der Waals surface area contributed by atoms with Gasteiger partial charge in [0, 0.05) is 35.6 Å². The minimum Gasteiger partial charge on any atom is -0.456 e. The van der Waals surface area contributed by atoms with Crippen LogP contribution in [0.5, 0.6) is 0 Å². The fourth-order valence-corrected chi connectivity index (χ4v) is 4.23. The van der Waals surface area contributed by atoms with Gasteiger partial charge in [-0.3, -0.25) is 9.79 Å². The molecule has 0 N–H and O–H groups in total. The molecule has 0 aliphatic carbocycles. The van der Waals surface area contributed by atoms with Crippen molar-refractivity contribution in [1.29, 1.82) is 0 Å². The molecule has 1 aromatic carbocycles. The molecule has 8 nitrogen and oxygen atoms in total. The number of hydrogen-bond donors (Lipinski definition) is 0. The van der Waals surface area contributed by atoms with Crippen molar-refractivity contribution < 1.29 is 28.6 Å². The molecule has 2 heterocycles. The number of nitrogens with zero attached hydrogens (tertiary/aromatic N) is 2. The fraction of sp³-hybridized carbons (Fsp3) is 0.500. The summed E-state index contributed by atoms with van der Waals surface area (Å²) in [6.45, 7) is 9.95. The summed E-state index contributed by atoms with van der Waals surface area (Å²) < 4.78 is 15.3. The maximum absolute atomic E-state index is 13.5. The molecule has 0 spiro atoms. The number of rotatable bonds is 8. The predicted octanol–water partition coefficient (Wildman–Crippen LogP) is 5.31. The summed E-state index contributed by atoms with van der Waals surface area (Å²) in [4.78, 5) is 35.6. The van der Waals surface area contributed by atoms with Crippen LogP contribution in [0, 0.1) is 6.92 Å². The number of carbonyl (C=O) groups is 2.